The number of benzene rings is 1. The fourth-order valence-corrected chi connectivity index (χ4v) is 3.51. The number of hydrogen-bond acceptors (Lipinski definition) is 3. The van der Waals surface area contributed by atoms with Crippen LogP contribution in [0.25, 0.3) is 11.0 Å². The van der Waals surface area contributed by atoms with E-state index < -0.39 is 0 Å². The molecule has 2 heterocycles. The number of likely N-dealkylation sites (tertiary alicyclic amines) is 1. The molecular weight excluding hydrogens is 304 g/mol. The number of rotatable bonds is 5. The van der Waals surface area contributed by atoms with Gasteiger partial charge in [0.05, 0.1) is 17.0 Å². The van der Waals surface area contributed by atoms with Gasteiger partial charge >= 0.3 is 0 Å². The summed E-state index contributed by atoms with van der Waals surface area (Å²) in [5.74, 6) is 0.885. The van der Waals surface area contributed by atoms with Gasteiger partial charge in [-0.1, -0.05) is 12.1 Å². The van der Waals surface area contributed by atoms with Gasteiger partial charge in [-0.25, -0.2) is 4.98 Å². The van der Waals surface area contributed by atoms with Crippen molar-refractivity contribution >= 4 is 22.8 Å². The molecule has 1 N–H and O–H groups in total. The monoisotopic (exact) mass is 326 g/mol. The van der Waals surface area contributed by atoms with Gasteiger partial charge < -0.3 is 14.8 Å². The fraction of sp³-hybridized carbons (Fsp3) is 0.500. The summed E-state index contributed by atoms with van der Waals surface area (Å²) in [6.45, 7) is 1.13. The van der Waals surface area contributed by atoms with Crippen LogP contribution < -0.4 is 5.32 Å². The topological polar surface area (TPSA) is 67.2 Å². The first-order valence-electron chi connectivity index (χ1n) is 8.61. The molecule has 1 aliphatic heterocycles. The summed E-state index contributed by atoms with van der Waals surface area (Å²) in [4.78, 5) is 30.7. The minimum Gasteiger partial charge on any atom is -0.355 e. The molecule has 1 atom stereocenters. The van der Waals surface area contributed by atoms with Crippen molar-refractivity contribution in [3.05, 3.63) is 30.1 Å². The van der Waals surface area contributed by atoms with Crippen molar-refractivity contribution in [3.8, 4) is 0 Å². The Morgan fingerprint density at radius 1 is 1.33 bits per heavy atom. The molecule has 6 nitrogen and oxygen atoms in total. The van der Waals surface area contributed by atoms with E-state index in [1.165, 1.54) is 0 Å². The molecule has 1 aromatic heterocycles. The van der Waals surface area contributed by atoms with Gasteiger partial charge in [0, 0.05) is 39.0 Å². The average molecular weight is 326 g/mol. The Bertz CT molecular complexity index is 793. The van der Waals surface area contributed by atoms with Gasteiger partial charge in [-0.3, -0.25) is 9.59 Å². The van der Waals surface area contributed by atoms with E-state index >= 15 is 0 Å². The lowest BCUT2D eigenvalue weighted by Gasteiger charge is -2.15. The maximum Gasteiger partial charge on any atom is 0.225 e. The van der Waals surface area contributed by atoms with Crippen LogP contribution in [-0.4, -0.2) is 45.4 Å². The Kier molecular flexibility index (Phi) is 3.75. The molecule has 0 unspecified atom stereocenters. The normalized spacial score (nSPS) is 20.8. The van der Waals surface area contributed by atoms with E-state index in [-0.39, 0.29) is 17.7 Å². The number of carbonyl (C=O) groups is 2. The number of nitrogens with one attached hydrogen (secondary N) is 1. The molecule has 2 amide bonds. The molecule has 1 aromatic carbocycles. The molecule has 4 rings (SSSR count). The molecule has 2 aliphatic rings. The highest BCUT2D eigenvalue weighted by Gasteiger charge is 2.41. The molecule has 126 valence electrons. The Morgan fingerprint density at radius 3 is 2.88 bits per heavy atom. The summed E-state index contributed by atoms with van der Waals surface area (Å²) in [6.07, 6.45) is 3.22. The van der Waals surface area contributed by atoms with Gasteiger partial charge in [0.25, 0.3) is 0 Å². The second kappa shape index (κ2) is 5.92. The van der Waals surface area contributed by atoms with Crippen molar-refractivity contribution in [2.45, 2.75) is 31.7 Å². The molecule has 0 bridgehead atoms. The standard InChI is InChI=1S/C18H22N4O2/c1-21-15-5-3-2-4-14(15)20-16(21)8-9-19-18(24)12-10-17(23)22(11-12)13-6-7-13/h2-5,12-13H,6-11H2,1H3,(H,19,24)/t12-/m1/s1. The van der Waals surface area contributed by atoms with E-state index in [4.69, 9.17) is 0 Å². The van der Waals surface area contributed by atoms with E-state index in [0.717, 1.165) is 29.7 Å². The number of aryl methyl sites for hydroxylation is 1. The van der Waals surface area contributed by atoms with Gasteiger partial charge in [-0.05, 0) is 25.0 Å². The summed E-state index contributed by atoms with van der Waals surface area (Å²) >= 11 is 0. The van der Waals surface area contributed by atoms with E-state index in [0.29, 0.717) is 32.0 Å². The highest BCUT2D eigenvalue weighted by molar-refractivity contribution is 5.89. The van der Waals surface area contributed by atoms with Crippen molar-refractivity contribution in [1.82, 2.24) is 19.8 Å². The van der Waals surface area contributed by atoms with Crippen LogP contribution in [0.2, 0.25) is 0 Å². The van der Waals surface area contributed by atoms with E-state index in [1.54, 1.807) is 0 Å². The van der Waals surface area contributed by atoms with Crippen LogP contribution in [-0.2, 0) is 23.1 Å². The predicted octanol–water partition coefficient (Wildman–Crippen LogP) is 1.24. The van der Waals surface area contributed by atoms with Crippen molar-refractivity contribution in [3.63, 3.8) is 0 Å². The van der Waals surface area contributed by atoms with Crippen molar-refractivity contribution < 1.29 is 9.59 Å². The molecule has 2 aromatic rings. The number of imidazole rings is 1. The Labute approximate surface area is 140 Å². The van der Waals surface area contributed by atoms with E-state index in [2.05, 4.69) is 14.9 Å². The number of para-hydroxylation sites is 2. The first-order chi connectivity index (χ1) is 11.6. The Hall–Kier alpha value is -2.37. The van der Waals surface area contributed by atoms with Crippen molar-refractivity contribution in [1.29, 1.82) is 0 Å². The fourth-order valence-electron chi connectivity index (χ4n) is 3.51. The average Bonchev–Trinajstić information content (AvgIpc) is 3.28. The minimum atomic E-state index is -0.196. The number of amides is 2. The van der Waals surface area contributed by atoms with Crippen LogP contribution in [0, 0.1) is 5.92 Å². The van der Waals surface area contributed by atoms with Gasteiger partial charge in [0.2, 0.25) is 11.8 Å². The van der Waals surface area contributed by atoms with Crippen LogP contribution in [0.1, 0.15) is 25.1 Å². The van der Waals surface area contributed by atoms with Gasteiger partial charge in [0.15, 0.2) is 0 Å². The van der Waals surface area contributed by atoms with Crippen LogP contribution >= 0.6 is 0 Å². The third-order valence-corrected chi connectivity index (χ3v) is 5.04. The van der Waals surface area contributed by atoms with Gasteiger partial charge in [-0.2, -0.15) is 0 Å². The maximum absolute atomic E-state index is 12.3. The third-order valence-electron chi connectivity index (χ3n) is 5.04. The zero-order chi connectivity index (χ0) is 16.7. The second-order valence-electron chi connectivity index (χ2n) is 6.80. The minimum absolute atomic E-state index is 0.00901. The van der Waals surface area contributed by atoms with E-state index in [1.807, 2.05) is 36.2 Å². The lowest BCUT2D eigenvalue weighted by atomic mass is 10.1. The first-order valence-corrected chi connectivity index (χ1v) is 8.61. The van der Waals surface area contributed by atoms with Gasteiger partial charge in [-0.15, -0.1) is 0 Å². The van der Waals surface area contributed by atoms with Gasteiger partial charge in [0.1, 0.15) is 5.82 Å². The Balaban J connectivity index is 1.32. The summed E-state index contributed by atoms with van der Waals surface area (Å²) < 4.78 is 2.06. The third kappa shape index (κ3) is 2.77. The number of aromatic nitrogens is 2. The molecule has 2 fully saturated rings. The first kappa shape index (κ1) is 15.2. The quantitative estimate of drug-likeness (QED) is 0.899. The maximum atomic E-state index is 12.3. The second-order valence-corrected chi connectivity index (χ2v) is 6.80. The highest BCUT2D eigenvalue weighted by atomic mass is 16.2. The highest BCUT2D eigenvalue weighted by Crippen LogP contribution is 2.32. The number of hydrogen-bond donors (Lipinski definition) is 1. The lowest BCUT2D eigenvalue weighted by molar-refractivity contribution is -0.129. The largest absolute Gasteiger partial charge is 0.355 e. The predicted molar refractivity (Wildman–Crippen MR) is 90.3 cm³/mol. The molecular formula is C18H22N4O2. The SMILES string of the molecule is Cn1c(CCNC(=O)[C@@H]2CC(=O)N(C3CC3)C2)nc2ccccc21. The summed E-state index contributed by atoms with van der Waals surface area (Å²) in [5.41, 5.74) is 2.07. The van der Waals surface area contributed by atoms with E-state index in [9.17, 15) is 9.59 Å². The van der Waals surface area contributed by atoms with Crippen molar-refractivity contribution in [2.75, 3.05) is 13.1 Å². The lowest BCUT2D eigenvalue weighted by Crippen LogP contribution is -2.34. The number of carbonyl (C=O) groups excluding carboxylic acids is 2. The summed E-state index contributed by atoms with van der Waals surface area (Å²) in [6, 6.07) is 8.41. The molecule has 1 saturated heterocycles. The summed E-state index contributed by atoms with van der Waals surface area (Å²) in [5, 5.41) is 2.97. The molecule has 0 radical (unpaired) electrons. The molecule has 6 heteroatoms. The molecule has 24 heavy (non-hydrogen) atoms. The zero-order valence-corrected chi connectivity index (χ0v) is 13.9. The van der Waals surface area contributed by atoms with Crippen LogP contribution in [0.3, 0.4) is 0 Å². The summed E-state index contributed by atoms with van der Waals surface area (Å²) in [7, 11) is 2.00. The smallest absolute Gasteiger partial charge is 0.225 e. The van der Waals surface area contributed by atoms with Crippen molar-refractivity contribution in [2.24, 2.45) is 13.0 Å². The molecule has 0 spiro atoms. The number of fused-ring (bicyclic) bond motifs is 1. The van der Waals surface area contributed by atoms with Crippen LogP contribution in [0.5, 0.6) is 0 Å². The van der Waals surface area contributed by atoms with Crippen LogP contribution in [0.4, 0.5) is 0 Å². The zero-order valence-electron chi connectivity index (χ0n) is 13.9. The Morgan fingerprint density at radius 2 is 2.12 bits per heavy atom. The molecule has 1 aliphatic carbocycles. The number of nitrogens with zero attached hydrogens (tertiary/aromatic N) is 3. The van der Waals surface area contributed by atoms with Crippen LogP contribution in [0.15, 0.2) is 24.3 Å². The molecule has 1 saturated carbocycles.